The number of likely N-dealkylation sites (tertiary alicyclic amines) is 2. The Bertz CT molecular complexity index is 634. The van der Waals surface area contributed by atoms with Crippen LogP contribution >= 0.6 is 0 Å². The smallest absolute Gasteiger partial charge is 0.411 e. The minimum atomic E-state index is -0.827. The fraction of sp³-hybridized carbons (Fsp3) is 0.920. The second kappa shape index (κ2) is 11.2. The minimum absolute atomic E-state index is 0.00441. The standard InChI is InChI=1S/C25H46N2O5/c1-9-11-15-30-17-21(19(4)31-16-12-10-2)26-20(5)25(22(26)28)14-13-18(3)27(25)23(29)32-24(6,7)8/h18-21H,9-17H2,1-8H3/t18?,19?,20?,21-,25?/m0/s1. The van der Waals surface area contributed by atoms with Crippen LogP contribution in [-0.2, 0) is 19.0 Å². The van der Waals surface area contributed by atoms with Crippen molar-refractivity contribution in [2.75, 3.05) is 19.8 Å². The second-order valence-corrected chi connectivity index (χ2v) is 10.5. The van der Waals surface area contributed by atoms with E-state index in [1.165, 1.54) is 0 Å². The molecule has 0 aliphatic carbocycles. The Balaban J connectivity index is 2.20. The topological polar surface area (TPSA) is 68.3 Å². The molecule has 7 heteroatoms. The Morgan fingerprint density at radius 2 is 1.78 bits per heavy atom. The highest BCUT2D eigenvalue weighted by atomic mass is 16.6. The lowest BCUT2D eigenvalue weighted by atomic mass is 9.76. The van der Waals surface area contributed by atoms with Crippen molar-refractivity contribution in [2.24, 2.45) is 0 Å². The van der Waals surface area contributed by atoms with Crippen LogP contribution < -0.4 is 0 Å². The van der Waals surface area contributed by atoms with Crippen molar-refractivity contribution in [3.63, 3.8) is 0 Å². The number of nitrogens with zero attached hydrogens (tertiary/aromatic N) is 2. The largest absolute Gasteiger partial charge is 0.444 e. The van der Waals surface area contributed by atoms with Gasteiger partial charge < -0.3 is 19.1 Å². The van der Waals surface area contributed by atoms with Gasteiger partial charge in [-0.3, -0.25) is 9.69 Å². The molecule has 5 atom stereocenters. The third-order valence-corrected chi connectivity index (χ3v) is 6.83. The van der Waals surface area contributed by atoms with Crippen molar-refractivity contribution in [1.29, 1.82) is 0 Å². The summed E-state index contributed by atoms with van der Waals surface area (Å²) in [5.74, 6) is -0.00441. The average molecular weight is 455 g/mol. The summed E-state index contributed by atoms with van der Waals surface area (Å²) in [5.41, 5.74) is -1.43. The molecule has 32 heavy (non-hydrogen) atoms. The van der Waals surface area contributed by atoms with Crippen LogP contribution in [0.4, 0.5) is 4.79 Å². The van der Waals surface area contributed by atoms with Crippen LogP contribution in [0.3, 0.4) is 0 Å². The van der Waals surface area contributed by atoms with Gasteiger partial charge >= 0.3 is 6.09 Å². The molecule has 0 N–H and O–H groups in total. The second-order valence-electron chi connectivity index (χ2n) is 10.5. The van der Waals surface area contributed by atoms with E-state index in [9.17, 15) is 9.59 Å². The van der Waals surface area contributed by atoms with Crippen LogP contribution in [0.2, 0.25) is 0 Å². The van der Waals surface area contributed by atoms with Gasteiger partial charge in [-0.25, -0.2) is 4.79 Å². The molecule has 4 unspecified atom stereocenters. The monoisotopic (exact) mass is 454 g/mol. The Labute approximate surface area is 195 Å². The molecule has 0 aromatic rings. The van der Waals surface area contributed by atoms with Crippen molar-refractivity contribution in [1.82, 2.24) is 9.80 Å². The van der Waals surface area contributed by atoms with Crippen LogP contribution in [0.5, 0.6) is 0 Å². The molecule has 0 aromatic heterocycles. The van der Waals surface area contributed by atoms with Crippen LogP contribution in [0.25, 0.3) is 0 Å². The maximum absolute atomic E-state index is 13.8. The number of carbonyl (C=O) groups is 2. The summed E-state index contributed by atoms with van der Waals surface area (Å²) < 4.78 is 17.7. The molecule has 2 heterocycles. The SMILES string of the molecule is CCCCOC[C@@H](C(C)OCCCC)N1C(=O)C2(CCC(C)N2C(=O)OC(C)(C)C)C1C. The molecule has 2 rings (SSSR count). The fourth-order valence-electron chi connectivity index (χ4n) is 4.94. The lowest BCUT2D eigenvalue weighted by Crippen LogP contribution is -2.81. The number of hydrogen-bond donors (Lipinski definition) is 0. The molecule has 0 bridgehead atoms. The van der Waals surface area contributed by atoms with Crippen molar-refractivity contribution in [3.05, 3.63) is 0 Å². The third-order valence-electron chi connectivity index (χ3n) is 6.83. The molecule has 0 saturated carbocycles. The number of carbonyl (C=O) groups excluding carboxylic acids is 2. The van der Waals surface area contributed by atoms with Crippen LogP contribution in [-0.4, -0.2) is 77.0 Å². The van der Waals surface area contributed by atoms with E-state index in [0.29, 0.717) is 26.2 Å². The van der Waals surface area contributed by atoms with E-state index in [1.54, 1.807) is 4.90 Å². The maximum Gasteiger partial charge on any atom is 0.411 e. The predicted octanol–water partition coefficient (Wildman–Crippen LogP) is 4.77. The quantitative estimate of drug-likeness (QED) is 0.332. The Hall–Kier alpha value is -1.34. The highest BCUT2D eigenvalue weighted by molar-refractivity contribution is 5.98. The molecule has 2 aliphatic rings. The molecule has 2 saturated heterocycles. The summed E-state index contributed by atoms with van der Waals surface area (Å²) >= 11 is 0. The molecular weight excluding hydrogens is 408 g/mol. The van der Waals surface area contributed by atoms with Gasteiger partial charge in [0, 0.05) is 19.3 Å². The van der Waals surface area contributed by atoms with Crippen molar-refractivity contribution < 1.29 is 23.8 Å². The lowest BCUT2D eigenvalue weighted by Gasteiger charge is -2.59. The summed E-state index contributed by atoms with van der Waals surface area (Å²) in [4.78, 5) is 30.4. The summed E-state index contributed by atoms with van der Waals surface area (Å²) in [6, 6.07) is -0.325. The number of ether oxygens (including phenoxy) is 3. The van der Waals surface area contributed by atoms with Crippen LogP contribution in [0.1, 0.15) is 93.9 Å². The number of amides is 2. The molecule has 7 nitrogen and oxygen atoms in total. The first-order valence-corrected chi connectivity index (χ1v) is 12.6. The minimum Gasteiger partial charge on any atom is -0.444 e. The van der Waals surface area contributed by atoms with Crippen molar-refractivity contribution in [3.8, 4) is 0 Å². The van der Waals surface area contributed by atoms with Gasteiger partial charge in [-0.2, -0.15) is 0 Å². The Kier molecular flexibility index (Phi) is 9.41. The lowest BCUT2D eigenvalue weighted by molar-refractivity contribution is -0.187. The zero-order valence-electron chi connectivity index (χ0n) is 21.6. The van der Waals surface area contributed by atoms with Gasteiger partial charge in [0.25, 0.3) is 5.91 Å². The van der Waals surface area contributed by atoms with Gasteiger partial charge in [0.1, 0.15) is 11.1 Å². The maximum atomic E-state index is 13.8. The number of rotatable bonds is 11. The van der Waals surface area contributed by atoms with Crippen molar-refractivity contribution >= 4 is 12.0 Å². The van der Waals surface area contributed by atoms with Crippen LogP contribution in [0, 0.1) is 0 Å². The van der Waals surface area contributed by atoms with E-state index >= 15 is 0 Å². The highest BCUT2D eigenvalue weighted by Crippen LogP contribution is 2.48. The van der Waals surface area contributed by atoms with E-state index in [4.69, 9.17) is 14.2 Å². The van der Waals surface area contributed by atoms with Gasteiger partial charge in [-0.1, -0.05) is 26.7 Å². The molecular formula is C25H46N2O5. The van der Waals surface area contributed by atoms with E-state index in [2.05, 4.69) is 20.8 Å². The average Bonchev–Trinajstić information content (AvgIpc) is 3.08. The number of unbranched alkanes of at least 4 members (excludes halogenated alkanes) is 2. The van der Waals surface area contributed by atoms with Gasteiger partial charge in [-0.05, 0) is 67.2 Å². The zero-order valence-corrected chi connectivity index (χ0v) is 21.6. The Morgan fingerprint density at radius 1 is 1.16 bits per heavy atom. The normalized spacial score (nSPS) is 27.6. The molecule has 0 aromatic carbocycles. The van der Waals surface area contributed by atoms with E-state index in [1.807, 2.05) is 39.5 Å². The summed E-state index contributed by atoms with van der Waals surface area (Å²) in [6.07, 6.45) is 5.04. The molecule has 2 fully saturated rings. The fourth-order valence-corrected chi connectivity index (χ4v) is 4.94. The molecule has 186 valence electrons. The number of hydrogen-bond acceptors (Lipinski definition) is 5. The molecule has 1 spiro atoms. The molecule has 2 aliphatic heterocycles. The van der Waals surface area contributed by atoms with Crippen molar-refractivity contribution in [2.45, 2.75) is 129 Å². The third kappa shape index (κ3) is 5.58. The summed E-state index contributed by atoms with van der Waals surface area (Å²) in [5, 5.41) is 0. The summed E-state index contributed by atoms with van der Waals surface area (Å²) in [7, 11) is 0. The van der Waals surface area contributed by atoms with Gasteiger partial charge in [0.15, 0.2) is 0 Å². The molecule has 2 amide bonds. The summed E-state index contributed by atoms with van der Waals surface area (Å²) in [6.45, 7) is 17.7. The van der Waals surface area contributed by atoms with Gasteiger partial charge in [-0.15, -0.1) is 0 Å². The first-order chi connectivity index (χ1) is 15.0. The van der Waals surface area contributed by atoms with Crippen LogP contribution in [0.15, 0.2) is 0 Å². The van der Waals surface area contributed by atoms with E-state index in [0.717, 1.165) is 32.1 Å². The van der Waals surface area contributed by atoms with E-state index in [-0.39, 0.29) is 30.1 Å². The van der Waals surface area contributed by atoms with E-state index < -0.39 is 17.2 Å². The number of β-lactam (4-membered cyclic amide) rings is 1. The highest BCUT2D eigenvalue weighted by Gasteiger charge is 2.68. The first kappa shape index (κ1) is 26.9. The predicted molar refractivity (Wildman–Crippen MR) is 126 cm³/mol. The Morgan fingerprint density at radius 3 is 2.34 bits per heavy atom. The molecule has 0 radical (unpaired) electrons. The first-order valence-electron chi connectivity index (χ1n) is 12.6. The van der Waals surface area contributed by atoms with Gasteiger partial charge in [0.05, 0.1) is 24.8 Å². The van der Waals surface area contributed by atoms with Gasteiger partial charge in [0.2, 0.25) is 0 Å². The zero-order chi connectivity index (χ0) is 24.1.